The van der Waals surface area contributed by atoms with Crippen molar-refractivity contribution < 1.29 is 28.6 Å². The van der Waals surface area contributed by atoms with Crippen molar-refractivity contribution in [3.8, 4) is 11.5 Å². The number of ether oxygens (including phenoxy) is 3. The summed E-state index contributed by atoms with van der Waals surface area (Å²) in [7, 11) is 3.19. The number of carbonyl (C=O) groups is 3. The van der Waals surface area contributed by atoms with Gasteiger partial charge >= 0.3 is 5.97 Å². The minimum atomic E-state index is -0.546. The summed E-state index contributed by atoms with van der Waals surface area (Å²) in [5.41, 5.74) is 3.31. The maximum atomic E-state index is 14.2. The van der Waals surface area contributed by atoms with Crippen LogP contribution in [0.1, 0.15) is 58.8 Å². The molecular weight excluding hydrogens is 460 g/mol. The van der Waals surface area contributed by atoms with Crippen LogP contribution in [0.3, 0.4) is 0 Å². The first-order chi connectivity index (χ1) is 17.5. The molecule has 36 heavy (non-hydrogen) atoms. The molecule has 5 rings (SSSR count). The molecule has 0 unspecified atom stereocenters. The van der Waals surface area contributed by atoms with E-state index in [4.69, 9.17) is 14.2 Å². The summed E-state index contributed by atoms with van der Waals surface area (Å²) in [5.74, 6) is 0.220. The normalized spacial score (nSPS) is 21.2. The maximum absolute atomic E-state index is 14.2. The monoisotopic (exact) mass is 492 g/mol. The van der Waals surface area contributed by atoms with Crippen molar-refractivity contribution in [3.63, 3.8) is 0 Å². The number of fused-ring (bicyclic) bond motifs is 4. The summed E-state index contributed by atoms with van der Waals surface area (Å²) in [4.78, 5) is 43.6. The Bertz CT molecular complexity index is 1190. The van der Waals surface area contributed by atoms with Gasteiger partial charge in [-0.1, -0.05) is 18.2 Å². The van der Waals surface area contributed by atoms with Gasteiger partial charge in [0.2, 0.25) is 5.91 Å². The number of likely N-dealkylation sites (tertiary alicyclic amines) is 1. The predicted octanol–water partition coefficient (Wildman–Crippen LogP) is 3.34. The van der Waals surface area contributed by atoms with Gasteiger partial charge in [-0.05, 0) is 61.1 Å². The number of rotatable bonds is 5. The van der Waals surface area contributed by atoms with Crippen LogP contribution in [0.4, 0.5) is 0 Å². The Kier molecular flexibility index (Phi) is 6.60. The number of benzene rings is 2. The summed E-state index contributed by atoms with van der Waals surface area (Å²) in [6, 6.07) is 10.9. The van der Waals surface area contributed by atoms with E-state index in [0.29, 0.717) is 62.6 Å². The maximum Gasteiger partial charge on any atom is 0.309 e. The van der Waals surface area contributed by atoms with Crippen LogP contribution in [0.25, 0.3) is 0 Å². The van der Waals surface area contributed by atoms with Crippen molar-refractivity contribution in [1.82, 2.24) is 9.80 Å². The van der Waals surface area contributed by atoms with Gasteiger partial charge in [-0.25, -0.2) is 0 Å². The summed E-state index contributed by atoms with van der Waals surface area (Å²) >= 11 is 0. The molecule has 0 bridgehead atoms. The molecule has 2 aromatic carbocycles. The SMILES string of the molecule is CCOC(=O)C1CCN(C(=O)[C@@H]2c3ccccc3C(=O)N3CCc4cc(OC)c(OC)cc4[C@H]23)CC1. The molecule has 1 fully saturated rings. The van der Waals surface area contributed by atoms with Crippen molar-refractivity contribution in [1.29, 1.82) is 0 Å². The second-order valence-electron chi connectivity index (χ2n) is 9.52. The first-order valence-electron chi connectivity index (χ1n) is 12.6. The van der Waals surface area contributed by atoms with Crippen LogP contribution in [0.15, 0.2) is 36.4 Å². The highest BCUT2D eigenvalue weighted by molar-refractivity contribution is 6.01. The summed E-state index contributed by atoms with van der Waals surface area (Å²) < 4.78 is 16.3. The van der Waals surface area contributed by atoms with E-state index in [-0.39, 0.29) is 23.7 Å². The number of piperidine rings is 1. The third-order valence-corrected chi connectivity index (χ3v) is 7.72. The molecule has 2 atom stereocenters. The molecule has 2 amide bonds. The number of methoxy groups -OCH3 is 2. The van der Waals surface area contributed by atoms with E-state index in [2.05, 4.69) is 0 Å². The highest BCUT2D eigenvalue weighted by Gasteiger charge is 2.48. The Morgan fingerprint density at radius 2 is 1.67 bits per heavy atom. The average Bonchev–Trinajstić information content (AvgIpc) is 2.92. The molecule has 3 aliphatic heterocycles. The molecule has 3 heterocycles. The third-order valence-electron chi connectivity index (χ3n) is 7.72. The smallest absolute Gasteiger partial charge is 0.309 e. The Balaban J connectivity index is 1.53. The molecule has 0 radical (unpaired) electrons. The number of carbonyl (C=O) groups excluding carboxylic acids is 3. The van der Waals surface area contributed by atoms with Crippen molar-refractivity contribution in [2.24, 2.45) is 5.92 Å². The van der Waals surface area contributed by atoms with Gasteiger partial charge in [-0.15, -0.1) is 0 Å². The predicted molar refractivity (Wildman–Crippen MR) is 132 cm³/mol. The Hall–Kier alpha value is -3.55. The van der Waals surface area contributed by atoms with Crippen LogP contribution in [-0.2, 0) is 20.7 Å². The first-order valence-corrected chi connectivity index (χ1v) is 12.6. The average molecular weight is 493 g/mol. The van der Waals surface area contributed by atoms with E-state index < -0.39 is 12.0 Å². The van der Waals surface area contributed by atoms with Crippen LogP contribution in [0.2, 0.25) is 0 Å². The van der Waals surface area contributed by atoms with Gasteiger partial charge in [0.1, 0.15) is 0 Å². The van der Waals surface area contributed by atoms with E-state index in [1.807, 2.05) is 46.2 Å². The lowest BCUT2D eigenvalue weighted by Crippen LogP contribution is -2.52. The zero-order chi connectivity index (χ0) is 25.4. The highest BCUT2D eigenvalue weighted by atomic mass is 16.5. The van der Waals surface area contributed by atoms with E-state index in [0.717, 1.165) is 16.7 Å². The van der Waals surface area contributed by atoms with E-state index in [9.17, 15) is 14.4 Å². The van der Waals surface area contributed by atoms with E-state index >= 15 is 0 Å². The van der Waals surface area contributed by atoms with Crippen molar-refractivity contribution in [2.45, 2.75) is 38.1 Å². The van der Waals surface area contributed by atoms with Gasteiger partial charge < -0.3 is 24.0 Å². The molecule has 2 aromatic rings. The molecule has 0 saturated carbocycles. The summed E-state index contributed by atoms with van der Waals surface area (Å²) in [5, 5.41) is 0. The lowest BCUT2D eigenvalue weighted by Gasteiger charge is -2.46. The second kappa shape index (κ2) is 9.84. The minimum Gasteiger partial charge on any atom is -0.493 e. The molecule has 0 N–H and O–H groups in total. The highest BCUT2D eigenvalue weighted by Crippen LogP contribution is 2.49. The Morgan fingerprint density at radius 1 is 0.972 bits per heavy atom. The second-order valence-corrected chi connectivity index (χ2v) is 9.52. The molecule has 0 aromatic heterocycles. The Morgan fingerprint density at radius 3 is 2.36 bits per heavy atom. The fraction of sp³-hybridized carbons (Fsp3) is 0.464. The standard InChI is InChI=1S/C28H32N2O6/c1-4-36-28(33)17-9-12-29(13-10-17)27(32)24-19-7-5-6-8-20(19)26(31)30-14-11-18-15-22(34-2)23(35-3)16-21(18)25(24)30/h5-8,15-17,24-25H,4,9-14H2,1-3H3/t24-,25-/m1/s1. The zero-order valence-electron chi connectivity index (χ0n) is 21.0. The van der Waals surface area contributed by atoms with Crippen LogP contribution in [-0.4, -0.2) is 68.0 Å². The van der Waals surface area contributed by atoms with Crippen LogP contribution >= 0.6 is 0 Å². The van der Waals surface area contributed by atoms with Crippen molar-refractivity contribution in [3.05, 3.63) is 58.7 Å². The van der Waals surface area contributed by atoms with Gasteiger partial charge in [0.05, 0.1) is 38.7 Å². The molecule has 190 valence electrons. The van der Waals surface area contributed by atoms with Crippen molar-refractivity contribution in [2.75, 3.05) is 40.5 Å². The Labute approximate surface area is 211 Å². The van der Waals surface area contributed by atoms with Gasteiger partial charge in [0, 0.05) is 25.2 Å². The zero-order valence-corrected chi connectivity index (χ0v) is 21.0. The topological polar surface area (TPSA) is 85.4 Å². The third kappa shape index (κ3) is 3.98. The molecular formula is C28H32N2O6. The number of nitrogens with zero attached hydrogens (tertiary/aromatic N) is 2. The summed E-state index contributed by atoms with van der Waals surface area (Å²) in [6.45, 7) is 3.66. The molecule has 8 nitrogen and oxygen atoms in total. The van der Waals surface area contributed by atoms with E-state index in [1.54, 1.807) is 21.1 Å². The number of hydrogen-bond donors (Lipinski definition) is 0. The fourth-order valence-corrected chi connectivity index (χ4v) is 5.91. The molecule has 8 heteroatoms. The number of amides is 2. The largest absolute Gasteiger partial charge is 0.493 e. The molecule has 0 spiro atoms. The van der Waals surface area contributed by atoms with Gasteiger partial charge in [0.15, 0.2) is 11.5 Å². The molecule has 3 aliphatic rings. The fourth-order valence-electron chi connectivity index (χ4n) is 5.91. The molecule has 0 aliphatic carbocycles. The first kappa shape index (κ1) is 24.2. The lowest BCUT2D eigenvalue weighted by molar-refractivity contribution is -0.151. The number of esters is 1. The van der Waals surface area contributed by atoms with Crippen LogP contribution in [0.5, 0.6) is 11.5 Å². The van der Waals surface area contributed by atoms with Crippen LogP contribution < -0.4 is 9.47 Å². The quantitative estimate of drug-likeness (QED) is 0.596. The van der Waals surface area contributed by atoms with Gasteiger partial charge in [-0.2, -0.15) is 0 Å². The summed E-state index contributed by atoms with van der Waals surface area (Å²) in [6.07, 6.45) is 1.83. The lowest BCUT2D eigenvalue weighted by atomic mass is 9.75. The van der Waals surface area contributed by atoms with Gasteiger partial charge in [-0.3, -0.25) is 14.4 Å². The minimum absolute atomic E-state index is 0.0186. The van der Waals surface area contributed by atoms with Gasteiger partial charge in [0.25, 0.3) is 5.91 Å². The van der Waals surface area contributed by atoms with Crippen LogP contribution in [0, 0.1) is 5.92 Å². The molecule has 1 saturated heterocycles. The number of hydrogen-bond acceptors (Lipinski definition) is 6. The van der Waals surface area contributed by atoms with Crippen molar-refractivity contribution >= 4 is 17.8 Å². The van der Waals surface area contributed by atoms with E-state index in [1.165, 1.54) is 0 Å².